The summed E-state index contributed by atoms with van der Waals surface area (Å²) in [6.45, 7) is 5.40. The lowest BCUT2D eigenvalue weighted by Crippen LogP contribution is -2.34. The molecule has 1 unspecified atom stereocenters. The molecular formula is C34H43FO2. The van der Waals surface area contributed by atoms with Crippen molar-refractivity contribution in [1.29, 1.82) is 0 Å². The second-order valence-electron chi connectivity index (χ2n) is 10.3. The molecule has 0 aliphatic heterocycles. The standard InChI is InChI=1S/C34H43FO2/c1-4-6-7-8-9-10-11-12-15-27-18-20-28(21-19-27)31-16-13-14-17-32(31)29-22-24-30(25-23-29)37-33(36)34(3,35)26-5-2/h13-14,16-25H,4-12,15,26H2,1-3H3. The van der Waals surface area contributed by atoms with Gasteiger partial charge >= 0.3 is 5.97 Å². The summed E-state index contributed by atoms with van der Waals surface area (Å²) in [5, 5.41) is 0. The van der Waals surface area contributed by atoms with Crippen molar-refractivity contribution in [2.45, 2.75) is 97.1 Å². The van der Waals surface area contributed by atoms with E-state index in [0.29, 0.717) is 12.2 Å². The van der Waals surface area contributed by atoms with Gasteiger partial charge in [0.2, 0.25) is 5.67 Å². The normalized spacial score (nSPS) is 12.8. The smallest absolute Gasteiger partial charge is 0.348 e. The van der Waals surface area contributed by atoms with Crippen molar-refractivity contribution < 1.29 is 13.9 Å². The predicted octanol–water partition coefficient (Wildman–Crippen LogP) is 10.1. The van der Waals surface area contributed by atoms with Crippen LogP contribution in [0.1, 0.15) is 90.5 Å². The number of hydrogen-bond acceptors (Lipinski definition) is 2. The van der Waals surface area contributed by atoms with Crippen molar-refractivity contribution in [2.75, 3.05) is 0 Å². The fourth-order valence-corrected chi connectivity index (χ4v) is 4.79. The monoisotopic (exact) mass is 502 g/mol. The number of ether oxygens (including phenoxy) is 1. The van der Waals surface area contributed by atoms with E-state index in [4.69, 9.17) is 4.74 Å². The Balaban J connectivity index is 1.60. The number of benzene rings is 3. The van der Waals surface area contributed by atoms with E-state index in [2.05, 4.69) is 49.4 Å². The van der Waals surface area contributed by atoms with Gasteiger partial charge in [-0.3, -0.25) is 0 Å². The molecule has 0 aliphatic rings. The molecule has 3 heteroatoms. The summed E-state index contributed by atoms with van der Waals surface area (Å²) in [5.41, 5.74) is 3.89. The lowest BCUT2D eigenvalue weighted by Gasteiger charge is -2.17. The van der Waals surface area contributed by atoms with E-state index in [1.807, 2.05) is 25.1 Å². The maximum absolute atomic E-state index is 14.5. The van der Waals surface area contributed by atoms with Crippen LogP contribution in [-0.4, -0.2) is 11.6 Å². The van der Waals surface area contributed by atoms with Crippen LogP contribution < -0.4 is 4.74 Å². The average Bonchev–Trinajstić information content (AvgIpc) is 2.91. The molecule has 0 radical (unpaired) electrons. The highest BCUT2D eigenvalue weighted by Crippen LogP contribution is 2.33. The highest BCUT2D eigenvalue weighted by molar-refractivity contribution is 5.84. The van der Waals surface area contributed by atoms with Crippen LogP contribution in [0.2, 0.25) is 0 Å². The third-order valence-electron chi connectivity index (χ3n) is 7.03. The van der Waals surface area contributed by atoms with Crippen LogP contribution in [0.4, 0.5) is 4.39 Å². The Morgan fingerprint density at radius 2 is 1.22 bits per heavy atom. The van der Waals surface area contributed by atoms with Gasteiger partial charge in [-0.15, -0.1) is 0 Å². The van der Waals surface area contributed by atoms with E-state index in [-0.39, 0.29) is 6.42 Å². The summed E-state index contributed by atoms with van der Waals surface area (Å²) in [6, 6.07) is 24.6. The predicted molar refractivity (Wildman–Crippen MR) is 154 cm³/mol. The highest BCUT2D eigenvalue weighted by atomic mass is 19.1. The van der Waals surface area contributed by atoms with Gasteiger partial charge in [0, 0.05) is 0 Å². The molecule has 3 aromatic carbocycles. The number of alkyl halides is 1. The van der Waals surface area contributed by atoms with Gasteiger partial charge in [0.1, 0.15) is 5.75 Å². The second kappa shape index (κ2) is 14.7. The molecule has 2 nitrogen and oxygen atoms in total. The summed E-state index contributed by atoms with van der Waals surface area (Å²) in [7, 11) is 0. The number of hydrogen-bond donors (Lipinski definition) is 0. The van der Waals surface area contributed by atoms with E-state index in [1.165, 1.54) is 69.4 Å². The molecule has 0 saturated carbocycles. The Labute approximate surface area is 223 Å². The Kier molecular flexibility index (Phi) is 11.4. The number of rotatable bonds is 15. The number of carbonyl (C=O) groups excluding carboxylic acids is 1. The van der Waals surface area contributed by atoms with Gasteiger partial charge in [-0.2, -0.15) is 0 Å². The Morgan fingerprint density at radius 3 is 1.76 bits per heavy atom. The van der Waals surface area contributed by atoms with E-state index in [0.717, 1.165) is 23.1 Å². The van der Waals surface area contributed by atoms with E-state index in [1.54, 1.807) is 12.1 Å². The summed E-state index contributed by atoms with van der Waals surface area (Å²) in [5.74, 6) is -0.480. The molecule has 0 bridgehead atoms. The molecule has 0 saturated heterocycles. The van der Waals surface area contributed by atoms with Crippen molar-refractivity contribution in [3.63, 3.8) is 0 Å². The van der Waals surface area contributed by atoms with Crippen LogP contribution in [0.3, 0.4) is 0 Å². The first kappa shape index (κ1) is 28.6. The summed E-state index contributed by atoms with van der Waals surface area (Å²) >= 11 is 0. The zero-order valence-corrected chi connectivity index (χ0v) is 22.9. The SMILES string of the molecule is CCCCCCCCCCc1ccc(-c2ccccc2-c2ccc(OC(=O)C(C)(F)CCC)cc2)cc1. The number of halogens is 1. The second-order valence-corrected chi connectivity index (χ2v) is 10.3. The molecule has 37 heavy (non-hydrogen) atoms. The number of unbranched alkanes of at least 4 members (excludes halogenated alkanes) is 7. The van der Waals surface area contributed by atoms with Crippen LogP contribution in [0.5, 0.6) is 5.75 Å². The molecule has 0 heterocycles. The summed E-state index contributed by atoms with van der Waals surface area (Å²) in [4.78, 5) is 12.2. The van der Waals surface area contributed by atoms with Crippen molar-refractivity contribution in [1.82, 2.24) is 0 Å². The summed E-state index contributed by atoms with van der Waals surface area (Å²) < 4.78 is 19.8. The van der Waals surface area contributed by atoms with Gasteiger partial charge in [0.15, 0.2) is 0 Å². The van der Waals surface area contributed by atoms with Crippen LogP contribution >= 0.6 is 0 Å². The molecule has 0 amide bonds. The largest absolute Gasteiger partial charge is 0.424 e. The maximum atomic E-state index is 14.5. The Hall–Kier alpha value is -2.94. The maximum Gasteiger partial charge on any atom is 0.348 e. The lowest BCUT2D eigenvalue weighted by atomic mass is 9.93. The zero-order valence-electron chi connectivity index (χ0n) is 22.9. The Bertz CT molecular complexity index is 1080. The van der Waals surface area contributed by atoms with E-state index in [9.17, 15) is 9.18 Å². The lowest BCUT2D eigenvalue weighted by molar-refractivity contribution is -0.147. The minimum absolute atomic E-state index is 0.148. The topological polar surface area (TPSA) is 26.3 Å². The molecular weight excluding hydrogens is 459 g/mol. The fraction of sp³-hybridized carbons (Fsp3) is 0.441. The van der Waals surface area contributed by atoms with Crippen molar-refractivity contribution in [3.05, 3.63) is 78.4 Å². The molecule has 0 aromatic heterocycles. The molecule has 198 valence electrons. The first-order valence-electron chi connectivity index (χ1n) is 14.1. The van der Waals surface area contributed by atoms with Gasteiger partial charge in [0.25, 0.3) is 0 Å². The van der Waals surface area contributed by atoms with Crippen LogP contribution in [0.25, 0.3) is 22.3 Å². The first-order chi connectivity index (χ1) is 17.9. The van der Waals surface area contributed by atoms with E-state index >= 15 is 0 Å². The molecule has 1 atom stereocenters. The van der Waals surface area contributed by atoms with Crippen LogP contribution in [0, 0.1) is 0 Å². The van der Waals surface area contributed by atoms with Crippen molar-refractivity contribution in [3.8, 4) is 28.0 Å². The van der Waals surface area contributed by atoms with Crippen LogP contribution in [0.15, 0.2) is 72.8 Å². The van der Waals surface area contributed by atoms with Gasteiger partial charge in [-0.1, -0.05) is 126 Å². The minimum atomic E-state index is -1.97. The third-order valence-corrected chi connectivity index (χ3v) is 7.03. The highest BCUT2D eigenvalue weighted by Gasteiger charge is 2.34. The molecule has 0 aliphatic carbocycles. The van der Waals surface area contributed by atoms with Crippen molar-refractivity contribution in [2.24, 2.45) is 0 Å². The molecule has 3 rings (SSSR count). The van der Waals surface area contributed by atoms with E-state index < -0.39 is 11.6 Å². The zero-order chi connectivity index (χ0) is 26.5. The van der Waals surface area contributed by atoms with Crippen LogP contribution in [-0.2, 0) is 11.2 Å². The number of esters is 1. The van der Waals surface area contributed by atoms with Gasteiger partial charge < -0.3 is 4.74 Å². The molecule has 0 fully saturated rings. The Morgan fingerprint density at radius 1 is 0.703 bits per heavy atom. The quantitative estimate of drug-likeness (QED) is 0.117. The number of aryl methyl sites for hydroxylation is 1. The average molecular weight is 503 g/mol. The van der Waals surface area contributed by atoms with Gasteiger partial charge in [0.05, 0.1) is 0 Å². The van der Waals surface area contributed by atoms with Gasteiger partial charge in [-0.25, -0.2) is 9.18 Å². The van der Waals surface area contributed by atoms with Crippen molar-refractivity contribution >= 4 is 5.97 Å². The first-order valence-corrected chi connectivity index (χ1v) is 14.1. The minimum Gasteiger partial charge on any atom is -0.424 e. The molecule has 0 spiro atoms. The third kappa shape index (κ3) is 8.84. The molecule has 3 aromatic rings. The fourth-order valence-electron chi connectivity index (χ4n) is 4.79. The van der Waals surface area contributed by atoms with Gasteiger partial charge in [-0.05, 0) is 66.1 Å². The number of carbonyl (C=O) groups is 1. The molecule has 0 N–H and O–H groups in total. The summed E-state index contributed by atoms with van der Waals surface area (Å²) in [6.07, 6.45) is 12.6.